The summed E-state index contributed by atoms with van der Waals surface area (Å²) < 4.78 is 17.6. The fourth-order valence-electron chi connectivity index (χ4n) is 0.766. The number of halogens is 1. The summed E-state index contributed by atoms with van der Waals surface area (Å²) in [6, 6.07) is 0. The zero-order valence-electron chi connectivity index (χ0n) is 8.22. The van der Waals surface area contributed by atoms with Gasteiger partial charge in [0.15, 0.2) is 5.82 Å². The number of anilines is 1. The van der Waals surface area contributed by atoms with Gasteiger partial charge in [-0.2, -0.15) is 4.39 Å². The molecular weight excluding hydrogens is 189 g/mol. The number of hydrogen-bond donors (Lipinski definition) is 2. The van der Waals surface area contributed by atoms with E-state index in [0.717, 1.165) is 6.33 Å². The summed E-state index contributed by atoms with van der Waals surface area (Å²) in [6.07, 6.45) is 0.408. The molecule has 6 heteroatoms. The molecule has 1 amide bonds. The molecule has 0 spiro atoms. The molecule has 78 valence electrons. The molecule has 1 aromatic heterocycles. The van der Waals surface area contributed by atoms with Crippen molar-refractivity contribution in [2.24, 2.45) is 0 Å². The average Bonchev–Trinajstić information content (AvgIpc) is 2.32. The van der Waals surface area contributed by atoms with E-state index in [1.54, 1.807) is 20.8 Å². The number of hydrogen-bond acceptors (Lipinski definition) is 3. The molecule has 0 aliphatic carbocycles. The number of ether oxygens (including phenoxy) is 1. The molecular formula is C8H12FN3O2. The maximum absolute atomic E-state index is 12.8. The summed E-state index contributed by atoms with van der Waals surface area (Å²) in [4.78, 5) is 16.9. The predicted molar refractivity (Wildman–Crippen MR) is 48.4 cm³/mol. The average molecular weight is 201 g/mol. The van der Waals surface area contributed by atoms with Gasteiger partial charge in [0.05, 0.1) is 6.33 Å². The number of nitrogens with zero attached hydrogens (tertiary/aromatic N) is 1. The van der Waals surface area contributed by atoms with E-state index in [1.165, 1.54) is 0 Å². The molecule has 0 aromatic carbocycles. The van der Waals surface area contributed by atoms with E-state index in [1.807, 2.05) is 0 Å². The minimum atomic E-state index is -0.733. The van der Waals surface area contributed by atoms with Crippen molar-refractivity contribution in [2.75, 3.05) is 5.32 Å². The summed E-state index contributed by atoms with van der Waals surface area (Å²) in [5, 5.41) is 2.17. The number of imidazole rings is 1. The summed E-state index contributed by atoms with van der Waals surface area (Å²) in [6.45, 7) is 5.15. The molecule has 0 radical (unpaired) electrons. The lowest BCUT2D eigenvalue weighted by molar-refractivity contribution is 0.0634. The Balaban J connectivity index is 2.54. The predicted octanol–water partition coefficient (Wildman–Crippen LogP) is 1.90. The van der Waals surface area contributed by atoms with Crippen molar-refractivity contribution in [3.05, 3.63) is 12.3 Å². The van der Waals surface area contributed by atoms with Crippen LogP contribution in [0.1, 0.15) is 20.8 Å². The van der Waals surface area contributed by atoms with Crippen LogP contribution >= 0.6 is 0 Å². The molecule has 1 rings (SSSR count). The summed E-state index contributed by atoms with van der Waals surface area (Å²) in [7, 11) is 0. The smallest absolute Gasteiger partial charge is 0.413 e. The molecule has 0 saturated heterocycles. The van der Waals surface area contributed by atoms with E-state index in [9.17, 15) is 9.18 Å². The van der Waals surface area contributed by atoms with Gasteiger partial charge in [0.2, 0.25) is 5.95 Å². The van der Waals surface area contributed by atoms with E-state index < -0.39 is 17.6 Å². The summed E-state index contributed by atoms with van der Waals surface area (Å²) in [5.74, 6) is -0.866. The van der Waals surface area contributed by atoms with Gasteiger partial charge in [-0.15, -0.1) is 0 Å². The van der Waals surface area contributed by atoms with Gasteiger partial charge in [0.25, 0.3) is 0 Å². The van der Waals surface area contributed by atoms with E-state index >= 15 is 0 Å². The molecule has 2 N–H and O–H groups in total. The highest BCUT2D eigenvalue weighted by Gasteiger charge is 2.17. The number of aromatic nitrogens is 2. The number of carbonyl (C=O) groups is 1. The van der Waals surface area contributed by atoms with Crippen LogP contribution < -0.4 is 5.32 Å². The van der Waals surface area contributed by atoms with Crippen LogP contribution in [-0.2, 0) is 4.74 Å². The molecule has 0 bridgehead atoms. The van der Waals surface area contributed by atoms with Crippen LogP contribution in [-0.4, -0.2) is 21.7 Å². The Morgan fingerprint density at radius 1 is 1.64 bits per heavy atom. The molecule has 14 heavy (non-hydrogen) atoms. The zero-order chi connectivity index (χ0) is 10.8. The first-order valence-corrected chi connectivity index (χ1v) is 4.07. The third-order valence-electron chi connectivity index (χ3n) is 1.21. The SMILES string of the molecule is CC(C)(C)OC(=O)Nc1nc[nH]c1F. The van der Waals surface area contributed by atoms with Gasteiger partial charge in [0, 0.05) is 0 Å². The molecule has 5 nitrogen and oxygen atoms in total. The summed E-state index contributed by atoms with van der Waals surface area (Å²) in [5.41, 5.74) is -0.614. The van der Waals surface area contributed by atoms with E-state index in [0.29, 0.717) is 0 Å². The van der Waals surface area contributed by atoms with Crippen molar-refractivity contribution in [1.29, 1.82) is 0 Å². The monoisotopic (exact) mass is 201 g/mol. The Morgan fingerprint density at radius 3 is 2.71 bits per heavy atom. The zero-order valence-corrected chi connectivity index (χ0v) is 8.22. The second-order valence-electron chi connectivity index (χ2n) is 3.69. The van der Waals surface area contributed by atoms with Crippen LogP contribution in [0, 0.1) is 5.95 Å². The quantitative estimate of drug-likeness (QED) is 0.729. The first-order chi connectivity index (χ1) is 6.38. The lowest BCUT2D eigenvalue weighted by atomic mass is 10.2. The third-order valence-corrected chi connectivity index (χ3v) is 1.21. The molecule has 0 atom stereocenters. The lowest BCUT2D eigenvalue weighted by Gasteiger charge is -2.19. The van der Waals surface area contributed by atoms with Gasteiger partial charge in [0.1, 0.15) is 5.60 Å². The van der Waals surface area contributed by atoms with Gasteiger partial charge < -0.3 is 9.72 Å². The van der Waals surface area contributed by atoms with E-state index in [-0.39, 0.29) is 5.82 Å². The van der Waals surface area contributed by atoms with Crippen LogP contribution in [0.15, 0.2) is 6.33 Å². The fourth-order valence-corrected chi connectivity index (χ4v) is 0.766. The van der Waals surface area contributed by atoms with Gasteiger partial charge in [-0.1, -0.05) is 0 Å². The van der Waals surface area contributed by atoms with Crippen molar-refractivity contribution < 1.29 is 13.9 Å². The first kappa shape index (κ1) is 10.5. The Labute approximate surface area is 80.7 Å². The number of carbonyl (C=O) groups excluding carboxylic acids is 1. The van der Waals surface area contributed by atoms with E-state index in [2.05, 4.69) is 15.3 Å². The van der Waals surface area contributed by atoms with Crippen LogP contribution in [0.5, 0.6) is 0 Å². The van der Waals surface area contributed by atoms with Crippen molar-refractivity contribution in [3.8, 4) is 0 Å². The lowest BCUT2D eigenvalue weighted by Crippen LogP contribution is -2.27. The topological polar surface area (TPSA) is 67.0 Å². The summed E-state index contributed by atoms with van der Waals surface area (Å²) >= 11 is 0. The highest BCUT2D eigenvalue weighted by atomic mass is 19.1. The van der Waals surface area contributed by atoms with Crippen molar-refractivity contribution >= 4 is 11.9 Å². The molecule has 0 saturated carbocycles. The Morgan fingerprint density at radius 2 is 2.29 bits per heavy atom. The molecule has 0 fully saturated rings. The van der Waals surface area contributed by atoms with Gasteiger partial charge in [-0.25, -0.2) is 9.78 Å². The number of rotatable bonds is 1. The highest BCUT2D eigenvalue weighted by Crippen LogP contribution is 2.11. The molecule has 0 aliphatic rings. The maximum Gasteiger partial charge on any atom is 0.413 e. The molecule has 1 aromatic rings. The molecule has 0 unspecified atom stereocenters. The first-order valence-electron chi connectivity index (χ1n) is 4.07. The van der Waals surface area contributed by atoms with Crippen LogP contribution in [0.4, 0.5) is 15.0 Å². The standard InChI is InChI=1S/C8H12FN3O2/c1-8(2,3)14-7(13)12-6-5(9)10-4-11-6/h4H,1-3H3,(H,10,11)(H,12,13). The third kappa shape index (κ3) is 3.04. The van der Waals surface area contributed by atoms with Crippen LogP contribution in [0.2, 0.25) is 0 Å². The Bertz CT molecular complexity index is 330. The normalized spacial score (nSPS) is 11.1. The molecule has 1 heterocycles. The van der Waals surface area contributed by atoms with Crippen LogP contribution in [0.3, 0.4) is 0 Å². The van der Waals surface area contributed by atoms with Gasteiger partial charge in [-0.05, 0) is 20.8 Å². The Hall–Kier alpha value is -1.59. The molecule has 0 aliphatic heterocycles. The largest absolute Gasteiger partial charge is 0.444 e. The van der Waals surface area contributed by atoms with Crippen LogP contribution in [0.25, 0.3) is 0 Å². The number of aromatic amines is 1. The maximum atomic E-state index is 12.8. The highest BCUT2D eigenvalue weighted by molar-refractivity contribution is 5.83. The van der Waals surface area contributed by atoms with Crippen molar-refractivity contribution in [1.82, 2.24) is 9.97 Å². The number of H-pyrrole nitrogens is 1. The van der Waals surface area contributed by atoms with Crippen molar-refractivity contribution in [2.45, 2.75) is 26.4 Å². The number of nitrogens with one attached hydrogen (secondary N) is 2. The Kier molecular flexibility index (Phi) is 2.73. The second-order valence-corrected chi connectivity index (χ2v) is 3.69. The fraction of sp³-hybridized carbons (Fsp3) is 0.500. The number of amides is 1. The van der Waals surface area contributed by atoms with Gasteiger partial charge >= 0.3 is 6.09 Å². The second kappa shape index (κ2) is 3.65. The van der Waals surface area contributed by atoms with Crippen molar-refractivity contribution in [3.63, 3.8) is 0 Å². The van der Waals surface area contributed by atoms with Gasteiger partial charge in [-0.3, -0.25) is 5.32 Å². The minimum absolute atomic E-state index is 0.167. The van der Waals surface area contributed by atoms with E-state index in [4.69, 9.17) is 4.74 Å². The minimum Gasteiger partial charge on any atom is -0.444 e.